The van der Waals surface area contributed by atoms with Crippen LogP contribution in [0.25, 0.3) is 0 Å². The van der Waals surface area contributed by atoms with Crippen molar-refractivity contribution in [2.75, 3.05) is 4.72 Å². The van der Waals surface area contributed by atoms with Gasteiger partial charge < -0.3 is 5.73 Å². The second-order valence-electron chi connectivity index (χ2n) is 3.32. The molecule has 10 heteroatoms. The fourth-order valence-electron chi connectivity index (χ4n) is 1.19. The Morgan fingerprint density at radius 1 is 1.33 bits per heavy atom. The molecule has 6 N–H and O–H groups in total. The van der Waals surface area contributed by atoms with E-state index in [0.29, 0.717) is 12.1 Å². The van der Waals surface area contributed by atoms with Crippen LogP contribution in [0.5, 0.6) is 0 Å². The fourth-order valence-corrected chi connectivity index (χ4v) is 1.67. The number of rotatable bonds is 3. The van der Waals surface area contributed by atoms with Gasteiger partial charge in [0.1, 0.15) is 5.84 Å². The van der Waals surface area contributed by atoms with Gasteiger partial charge in [0.2, 0.25) is 0 Å². The van der Waals surface area contributed by atoms with Gasteiger partial charge in [-0.2, -0.15) is 21.6 Å². The molecule has 0 bridgehead atoms. The molecule has 0 aromatic heterocycles. The molecule has 0 saturated carbocycles. The summed E-state index contributed by atoms with van der Waals surface area (Å²) in [7, 11) is -4.16. The second kappa shape index (κ2) is 4.46. The van der Waals surface area contributed by atoms with Gasteiger partial charge in [-0.25, -0.2) is 5.14 Å². The summed E-state index contributed by atoms with van der Waals surface area (Å²) >= 11 is 0. The minimum atomic E-state index is -4.62. The number of benzene rings is 1. The van der Waals surface area contributed by atoms with Crippen molar-refractivity contribution in [2.45, 2.75) is 6.18 Å². The van der Waals surface area contributed by atoms with Gasteiger partial charge in [-0.1, -0.05) is 0 Å². The van der Waals surface area contributed by atoms with E-state index in [1.165, 1.54) is 0 Å². The van der Waals surface area contributed by atoms with E-state index in [-0.39, 0.29) is 5.69 Å². The molecular formula is C8H9F3N4O2S. The van der Waals surface area contributed by atoms with Crippen LogP contribution < -0.4 is 15.6 Å². The van der Waals surface area contributed by atoms with Crippen LogP contribution in [0.4, 0.5) is 18.9 Å². The van der Waals surface area contributed by atoms with E-state index in [1.807, 2.05) is 0 Å². The zero-order valence-electron chi connectivity index (χ0n) is 8.75. The van der Waals surface area contributed by atoms with Crippen molar-refractivity contribution in [3.63, 3.8) is 0 Å². The molecule has 0 aliphatic heterocycles. The molecule has 1 aromatic rings. The van der Waals surface area contributed by atoms with Crippen LogP contribution in [0.3, 0.4) is 0 Å². The highest BCUT2D eigenvalue weighted by Crippen LogP contribution is 2.31. The van der Waals surface area contributed by atoms with E-state index < -0.39 is 33.3 Å². The third kappa shape index (κ3) is 3.60. The molecule has 6 nitrogen and oxygen atoms in total. The second-order valence-corrected chi connectivity index (χ2v) is 4.61. The van der Waals surface area contributed by atoms with Crippen LogP contribution in [-0.4, -0.2) is 14.3 Å². The summed E-state index contributed by atoms with van der Waals surface area (Å²) in [6.45, 7) is 0. The number of anilines is 1. The number of hydrogen-bond donors (Lipinski definition) is 4. The lowest BCUT2D eigenvalue weighted by molar-refractivity contribution is -0.137. The number of nitrogen functional groups attached to an aromatic ring is 1. The smallest absolute Gasteiger partial charge is 0.384 e. The summed E-state index contributed by atoms with van der Waals surface area (Å²) in [5.41, 5.74) is 3.34. The Labute approximate surface area is 100 Å². The molecule has 100 valence electrons. The molecule has 18 heavy (non-hydrogen) atoms. The van der Waals surface area contributed by atoms with Crippen LogP contribution in [-0.2, 0) is 16.4 Å². The van der Waals surface area contributed by atoms with E-state index in [9.17, 15) is 21.6 Å². The Bertz CT molecular complexity index is 582. The van der Waals surface area contributed by atoms with Gasteiger partial charge in [-0.05, 0) is 18.2 Å². The molecule has 0 atom stereocenters. The van der Waals surface area contributed by atoms with Crippen molar-refractivity contribution in [3.8, 4) is 0 Å². The number of alkyl halides is 3. The molecular weight excluding hydrogens is 273 g/mol. The Morgan fingerprint density at radius 3 is 2.28 bits per heavy atom. The Hall–Kier alpha value is -1.81. The molecule has 0 spiro atoms. The topological polar surface area (TPSA) is 122 Å². The van der Waals surface area contributed by atoms with Crippen LogP contribution in [0.1, 0.15) is 11.1 Å². The summed E-state index contributed by atoms with van der Waals surface area (Å²) in [4.78, 5) is 0. The number of hydrogen-bond acceptors (Lipinski definition) is 3. The van der Waals surface area contributed by atoms with Gasteiger partial charge in [0.15, 0.2) is 0 Å². The van der Waals surface area contributed by atoms with E-state index in [1.54, 1.807) is 4.72 Å². The Kier molecular flexibility index (Phi) is 3.53. The maximum absolute atomic E-state index is 12.4. The molecule has 0 heterocycles. The lowest BCUT2D eigenvalue weighted by Crippen LogP contribution is -2.24. The maximum atomic E-state index is 12.4. The molecule has 0 aliphatic rings. The quantitative estimate of drug-likeness (QED) is 0.479. The SMILES string of the molecule is N=C(N)c1cc(C(F)(F)F)ccc1NS(N)(=O)=O. The molecule has 0 amide bonds. The minimum absolute atomic E-state index is 0.294. The van der Waals surface area contributed by atoms with Gasteiger partial charge >= 0.3 is 6.18 Å². The van der Waals surface area contributed by atoms with Gasteiger partial charge in [0.25, 0.3) is 10.2 Å². The van der Waals surface area contributed by atoms with Crippen LogP contribution in [0, 0.1) is 5.41 Å². The summed E-state index contributed by atoms with van der Waals surface area (Å²) < 4.78 is 60.6. The molecule has 0 saturated heterocycles. The summed E-state index contributed by atoms with van der Waals surface area (Å²) in [6.07, 6.45) is -4.62. The average Bonchev–Trinajstić information content (AvgIpc) is 2.13. The summed E-state index contributed by atoms with van der Waals surface area (Å²) in [5.74, 6) is -0.716. The van der Waals surface area contributed by atoms with E-state index in [2.05, 4.69) is 5.14 Å². The van der Waals surface area contributed by atoms with Crippen LogP contribution >= 0.6 is 0 Å². The molecule has 0 fully saturated rings. The zero-order chi connectivity index (χ0) is 14.1. The van der Waals surface area contributed by atoms with Crippen molar-refractivity contribution in [1.29, 1.82) is 5.41 Å². The Morgan fingerprint density at radius 2 is 1.89 bits per heavy atom. The predicted molar refractivity (Wildman–Crippen MR) is 59.2 cm³/mol. The van der Waals surface area contributed by atoms with Gasteiger partial charge in [-0.15, -0.1) is 0 Å². The first-order valence-electron chi connectivity index (χ1n) is 4.37. The number of halogens is 3. The maximum Gasteiger partial charge on any atom is 0.416 e. The first-order valence-corrected chi connectivity index (χ1v) is 5.91. The molecule has 0 radical (unpaired) electrons. The zero-order valence-corrected chi connectivity index (χ0v) is 9.56. The van der Waals surface area contributed by atoms with Crippen molar-refractivity contribution < 1.29 is 21.6 Å². The lowest BCUT2D eigenvalue weighted by Gasteiger charge is -2.13. The number of nitrogens with two attached hydrogens (primary N) is 2. The third-order valence-electron chi connectivity index (χ3n) is 1.89. The highest BCUT2D eigenvalue weighted by Gasteiger charge is 2.31. The summed E-state index contributed by atoms with van der Waals surface area (Å²) in [6, 6.07) is 2.06. The van der Waals surface area contributed by atoms with Gasteiger partial charge in [-0.3, -0.25) is 10.1 Å². The van der Waals surface area contributed by atoms with Gasteiger partial charge in [0, 0.05) is 5.56 Å². The molecule has 1 aromatic carbocycles. The normalized spacial score (nSPS) is 12.2. The largest absolute Gasteiger partial charge is 0.416 e. The first-order chi connectivity index (χ1) is 8.00. The van der Waals surface area contributed by atoms with E-state index in [4.69, 9.17) is 11.1 Å². The average molecular weight is 282 g/mol. The minimum Gasteiger partial charge on any atom is -0.384 e. The van der Waals surface area contributed by atoms with Crippen LogP contribution in [0.2, 0.25) is 0 Å². The first kappa shape index (κ1) is 14.3. The molecule has 1 rings (SSSR count). The highest BCUT2D eigenvalue weighted by molar-refractivity contribution is 7.90. The highest BCUT2D eigenvalue weighted by atomic mass is 32.2. The molecule has 0 unspecified atom stereocenters. The number of amidine groups is 1. The Balaban J connectivity index is 3.34. The van der Waals surface area contributed by atoms with Crippen molar-refractivity contribution >= 4 is 21.7 Å². The monoisotopic (exact) mass is 282 g/mol. The molecule has 0 aliphatic carbocycles. The predicted octanol–water partition coefficient (Wildman–Crippen LogP) is 0.605. The van der Waals surface area contributed by atoms with Crippen molar-refractivity contribution in [1.82, 2.24) is 0 Å². The fraction of sp³-hybridized carbons (Fsp3) is 0.125. The van der Waals surface area contributed by atoms with E-state index in [0.717, 1.165) is 6.07 Å². The lowest BCUT2D eigenvalue weighted by atomic mass is 10.1. The third-order valence-corrected chi connectivity index (χ3v) is 2.39. The standard InChI is InChI=1S/C8H9F3N4O2S/c9-8(10,11)4-1-2-6(15-18(14,16)17)5(3-4)7(12)13/h1-3,15H,(H3,12,13)(H2,14,16,17). The summed E-state index contributed by atoms with van der Waals surface area (Å²) in [5, 5.41) is 11.8. The van der Waals surface area contributed by atoms with Gasteiger partial charge in [0.05, 0.1) is 11.3 Å². The van der Waals surface area contributed by atoms with E-state index >= 15 is 0 Å². The number of nitrogens with one attached hydrogen (secondary N) is 2. The van der Waals surface area contributed by atoms with Crippen molar-refractivity contribution in [3.05, 3.63) is 29.3 Å². The van der Waals surface area contributed by atoms with Crippen LogP contribution in [0.15, 0.2) is 18.2 Å². The van der Waals surface area contributed by atoms with Crippen molar-refractivity contribution in [2.24, 2.45) is 10.9 Å².